The van der Waals surface area contributed by atoms with Crippen molar-refractivity contribution in [3.8, 4) is 5.69 Å². The van der Waals surface area contributed by atoms with E-state index in [0.717, 1.165) is 24.2 Å². The Morgan fingerprint density at radius 3 is 2.79 bits per heavy atom. The van der Waals surface area contributed by atoms with Crippen LogP contribution in [0.5, 0.6) is 0 Å². The summed E-state index contributed by atoms with van der Waals surface area (Å²) in [5, 5.41) is 13.3. The van der Waals surface area contributed by atoms with Gasteiger partial charge in [-0.2, -0.15) is 5.10 Å². The van der Waals surface area contributed by atoms with Crippen molar-refractivity contribution in [2.24, 2.45) is 0 Å². The van der Waals surface area contributed by atoms with E-state index in [2.05, 4.69) is 5.10 Å². The predicted octanol–water partition coefficient (Wildman–Crippen LogP) is 2.42. The first-order chi connectivity index (χ1) is 9.25. The van der Waals surface area contributed by atoms with Gasteiger partial charge < -0.3 is 9.84 Å². The van der Waals surface area contributed by atoms with Crippen molar-refractivity contribution in [3.05, 3.63) is 47.8 Å². The van der Waals surface area contributed by atoms with Gasteiger partial charge >= 0.3 is 5.97 Å². The second kappa shape index (κ2) is 4.85. The molecule has 0 aliphatic carbocycles. The summed E-state index contributed by atoms with van der Waals surface area (Å²) in [6, 6.07) is 11.1. The van der Waals surface area contributed by atoms with Crippen LogP contribution < -0.4 is 0 Å². The molecule has 0 bridgehead atoms. The Morgan fingerprint density at radius 1 is 1.37 bits per heavy atom. The van der Waals surface area contributed by atoms with Crippen LogP contribution in [-0.2, 0) is 4.74 Å². The number of aromatic nitrogens is 2. The van der Waals surface area contributed by atoms with Gasteiger partial charge in [-0.15, -0.1) is 0 Å². The lowest BCUT2D eigenvalue weighted by Crippen LogP contribution is -2.07. The molecule has 1 N–H and O–H groups in total. The molecule has 98 valence electrons. The molecule has 0 radical (unpaired) electrons. The molecule has 5 heteroatoms. The van der Waals surface area contributed by atoms with E-state index in [9.17, 15) is 4.79 Å². The molecule has 1 aliphatic heterocycles. The zero-order valence-electron chi connectivity index (χ0n) is 10.3. The minimum Gasteiger partial charge on any atom is -0.476 e. The molecule has 1 atom stereocenters. The number of carboxylic acid groups (broad SMARTS) is 1. The Hall–Kier alpha value is -2.14. The van der Waals surface area contributed by atoms with Crippen molar-refractivity contribution >= 4 is 5.97 Å². The van der Waals surface area contributed by atoms with Crippen LogP contribution in [0.25, 0.3) is 5.69 Å². The van der Waals surface area contributed by atoms with Gasteiger partial charge in [0.1, 0.15) is 0 Å². The maximum absolute atomic E-state index is 11.1. The van der Waals surface area contributed by atoms with Crippen LogP contribution in [0.2, 0.25) is 0 Å². The van der Waals surface area contributed by atoms with Gasteiger partial charge in [0.2, 0.25) is 0 Å². The Labute approximate surface area is 110 Å². The van der Waals surface area contributed by atoms with Gasteiger partial charge in [0.05, 0.1) is 17.5 Å². The molecule has 0 amide bonds. The number of aromatic carboxylic acids is 1. The summed E-state index contributed by atoms with van der Waals surface area (Å²) in [5.74, 6) is -1.02. The molecule has 2 aromatic rings. The highest BCUT2D eigenvalue weighted by molar-refractivity contribution is 5.85. The van der Waals surface area contributed by atoms with Crippen LogP contribution in [-0.4, -0.2) is 27.5 Å². The zero-order valence-corrected chi connectivity index (χ0v) is 10.3. The SMILES string of the molecule is O=C(O)c1cc(C2CCCO2)n(-c2ccccc2)n1. The normalized spacial score (nSPS) is 18.6. The molecule has 1 aromatic carbocycles. The fourth-order valence-corrected chi connectivity index (χ4v) is 2.32. The monoisotopic (exact) mass is 258 g/mol. The van der Waals surface area contributed by atoms with E-state index in [1.807, 2.05) is 30.3 Å². The molecule has 1 saturated heterocycles. The average molecular weight is 258 g/mol. The van der Waals surface area contributed by atoms with Crippen molar-refractivity contribution in [1.29, 1.82) is 0 Å². The van der Waals surface area contributed by atoms with Crippen LogP contribution in [0.4, 0.5) is 0 Å². The van der Waals surface area contributed by atoms with Crippen LogP contribution in [0.3, 0.4) is 0 Å². The topological polar surface area (TPSA) is 64.3 Å². The number of para-hydroxylation sites is 1. The number of carboxylic acids is 1. The molecule has 1 fully saturated rings. The number of benzene rings is 1. The number of hydrogen-bond donors (Lipinski definition) is 1. The van der Waals surface area contributed by atoms with Crippen molar-refractivity contribution < 1.29 is 14.6 Å². The van der Waals surface area contributed by atoms with E-state index in [0.29, 0.717) is 6.61 Å². The number of ether oxygens (including phenoxy) is 1. The van der Waals surface area contributed by atoms with Gasteiger partial charge in [0, 0.05) is 6.61 Å². The summed E-state index contributed by atoms with van der Waals surface area (Å²) in [6.07, 6.45) is 1.82. The second-order valence-electron chi connectivity index (χ2n) is 4.51. The van der Waals surface area contributed by atoms with Gasteiger partial charge in [-0.1, -0.05) is 18.2 Å². The second-order valence-corrected chi connectivity index (χ2v) is 4.51. The lowest BCUT2D eigenvalue weighted by molar-refractivity contribution is 0.0690. The van der Waals surface area contributed by atoms with E-state index >= 15 is 0 Å². The Balaban J connectivity index is 2.08. The molecular formula is C14H14N2O3. The van der Waals surface area contributed by atoms with Crippen molar-refractivity contribution in [1.82, 2.24) is 9.78 Å². The third-order valence-corrected chi connectivity index (χ3v) is 3.22. The Kier molecular flexibility index (Phi) is 3.05. The molecule has 19 heavy (non-hydrogen) atoms. The molecule has 3 rings (SSSR count). The van der Waals surface area contributed by atoms with E-state index in [1.165, 1.54) is 0 Å². The lowest BCUT2D eigenvalue weighted by Gasteiger charge is -2.12. The summed E-state index contributed by atoms with van der Waals surface area (Å²) >= 11 is 0. The standard InChI is InChI=1S/C14H14N2O3/c17-14(18)11-9-12(13-7-4-8-19-13)16(15-11)10-5-2-1-3-6-10/h1-3,5-6,9,13H,4,7-8H2,(H,17,18). The lowest BCUT2D eigenvalue weighted by atomic mass is 10.1. The molecule has 0 spiro atoms. The number of hydrogen-bond acceptors (Lipinski definition) is 3. The minimum atomic E-state index is -1.02. The average Bonchev–Trinajstić information content (AvgIpc) is 3.08. The summed E-state index contributed by atoms with van der Waals surface area (Å²) in [7, 11) is 0. The first kappa shape index (κ1) is 11.9. The number of carbonyl (C=O) groups is 1. The maximum atomic E-state index is 11.1. The van der Waals surface area contributed by atoms with Crippen LogP contribution in [0, 0.1) is 0 Å². The first-order valence-electron chi connectivity index (χ1n) is 6.26. The molecule has 1 aliphatic rings. The van der Waals surface area contributed by atoms with Crippen LogP contribution in [0.15, 0.2) is 36.4 Å². The van der Waals surface area contributed by atoms with Crippen LogP contribution in [0.1, 0.15) is 35.1 Å². The van der Waals surface area contributed by atoms with Gasteiger partial charge in [-0.25, -0.2) is 9.48 Å². The molecule has 1 unspecified atom stereocenters. The predicted molar refractivity (Wildman–Crippen MR) is 68.5 cm³/mol. The fraction of sp³-hybridized carbons (Fsp3) is 0.286. The number of nitrogens with zero attached hydrogens (tertiary/aromatic N) is 2. The third kappa shape index (κ3) is 2.24. The fourth-order valence-electron chi connectivity index (χ4n) is 2.32. The smallest absolute Gasteiger partial charge is 0.356 e. The largest absolute Gasteiger partial charge is 0.476 e. The molecule has 5 nitrogen and oxygen atoms in total. The molecule has 0 saturated carbocycles. The maximum Gasteiger partial charge on any atom is 0.356 e. The van der Waals surface area contributed by atoms with Gasteiger partial charge in [-0.3, -0.25) is 0 Å². The highest BCUT2D eigenvalue weighted by Gasteiger charge is 2.25. The highest BCUT2D eigenvalue weighted by Crippen LogP contribution is 2.30. The van der Waals surface area contributed by atoms with Crippen LogP contribution >= 0.6 is 0 Å². The van der Waals surface area contributed by atoms with Crippen molar-refractivity contribution in [2.75, 3.05) is 6.61 Å². The van der Waals surface area contributed by atoms with Gasteiger partial charge in [-0.05, 0) is 31.0 Å². The summed E-state index contributed by atoms with van der Waals surface area (Å²) < 4.78 is 7.31. The quantitative estimate of drug-likeness (QED) is 0.918. The van der Waals surface area contributed by atoms with Gasteiger partial charge in [0.15, 0.2) is 5.69 Å². The summed E-state index contributed by atoms with van der Waals surface area (Å²) in [4.78, 5) is 11.1. The van der Waals surface area contributed by atoms with Crippen molar-refractivity contribution in [2.45, 2.75) is 18.9 Å². The third-order valence-electron chi connectivity index (χ3n) is 3.22. The van der Waals surface area contributed by atoms with E-state index in [-0.39, 0.29) is 11.8 Å². The minimum absolute atomic E-state index is 0.0503. The van der Waals surface area contributed by atoms with E-state index in [4.69, 9.17) is 9.84 Å². The Morgan fingerprint density at radius 2 is 2.16 bits per heavy atom. The van der Waals surface area contributed by atoms with Crippen molar-refractivity contribution in [3.63, 3.8) is 0 Å². The van der Waals surface area contributed by atoms with E-state index < -0.39 is 5.97 Å². The summed E-state index contributed by atoms with van der Waals surface area (Å²) in [6.45, 7) is 0.715. The number of rotatable bonds is 3. The highest BCUT2D eigenvalue weighted by atomic mass is 16.5. The molecule has 2 heterocycles. The van der Waals surface area contributed by atoms with E-state index in [1.54, 1.807) is 10.7 Å². The Bertz CT molecular complexity index is 586. The van der Waals surface area contributed by atoms with Gasteiger partial charge in [0.25, 0.3) is 0 Å². The first-order valence-corrected chi connectivity index (χ1v) is 6.26. The molecule has 1 aromatic heterocycles. The zero-order chi connectivity index (χ0) is 13.2. The molecular weight excluding hydrogens is 244 g/mol. The summed E-state index contributed by atoms with van der Waals surface area (Å²) in [5.41, 5.74) is 1.70.